The van der Waals surface area contributed by atoms with Gasteiger partial charge in [-0.05, 0) is 37.3 Å². The summed E-state index contributed by atoms with van der Waals surface area (Å²) in [6, 6.07) is 11.1. The van der Waals surface area contributed by atoms with Crippen LogP contribution < -0.4 is 11.1 Å². The summed E-state index contributed by atoms with van der Waals surface area (Å²) < 4.78 is 5.37. The minimum absolute atomic E-state index is 0.248. The molecule has 3 N–H and O–H groups in total. The number of nitrogens with two attached hydrogens (primary N) is 1. The summed E-state index contributed by atoms with van der Waals surface area (Å²) in [4.78, 5) is 23.7. The van der Waals surface area contributed by atoms with Gasteiger partial charge in [-0.15, -0.1) is 11.8 Å². The Morgan fingerprint density at radius 2 is 2.04 bits per heavy atom. The number of primary amides is 1. The van der Waals surface area contributed by atoms with Gasteiger partial charge < -0.3 is 15.5 Å². The van der Waals surface area contributed by atoms with E-state index >= 15 is 0 Å². The number of nitrogens with one attached hydrogen (secondary N) is 1. The fraction of sp³-hybridized carbons (Fsp3) is 0.176. The molecule has 0 saturated carbocycles. The van der Waals surface area contributed by atoms with Crippen LogP contribution in [0.5, 0.6) is 0 Å². The molecule has 0 unspecified atom stereocenters. The Labute approximate surface area is 138 Å². The minimum atomic E-state index is -0.337. The highest BCUT2D eigenvalue weighted by atomic mass is 32.2. The molecule has 0 radical (unpaired) electrons. The number of para-hydroxylation sites is 1. The van der Waals surface area contributed by atoms with E-state index in [4.69, 9.17) is 10.2 Å². The number of hydrogen-bond acceptors (Lipinski definition) is 4. The molecule has 23 heavy (non-hydrogen) atoms. The van der Waals surface area contributed by atoms with Crippen molar-refractivity contribution in [1.29, 1.82) is 0 Å². The zero-order chi connectivity index (χ0) is 16.7. The van der Waals surface area contributed by atoms with Crippen molar-refractivity contribution in [2.75, 3.05) is 11.1 Å². The van der Waals surface area contributed by atoms with E-state index in [1.807, 2.05) is 37.3 Å². The largest absolute Gasteiger partial charge is 0.462 e. The summed E-state index contributed by atoms with van der Waals surface area (Å²) in [7, 11) is 0. The van der Waals surface area contributed by atoms with Crippen molar-refractivity contribution < 1.29 is 14.0 Å². The van der Waals surface area contributed by atoms with Crippen LogP contribution in [0.15, 0.2) is 51.8 Å². The summed E-state index contributed by atoms with van der Waals surface area (Å²) in [5, 5.41) is 2.82. The molecule has 0 spiro atoms. The first kappa shape index (κ1) is 16.9. The van der Waals surface area contributed by atoms with E-state index in [9.17, 15) is 9.59 Å². The second kappa shape index (κ2) is 8.24. The van der Waals surface area contributed by atoms with Crippen LogP contribution >= 0.6 is 11.8 Å². The molecule has 2 aromatic rings. The van der Waals surface area contributed by atoms with E-state index in [0.29, 0.717) is 23.6 Å². The van der Waals surface area contributed by atoms with Gasteiger partial charge in [-0.25, -0.2) is 0 Å². The number of thioether (sulfide) groups is 1. The maximum atomic E-state index is 12.0. The van der Waals surface area contributed by atoms with Gasteiger partial charge >= 0.3 is 0 Å². The summed E-state index contributed by atoms with van der Waals surface area (Å²) in [5.41, 5.74) is 5.83. The van der Waals surface area contributed by atoms with Crippen LogP contribution in [0.3, 0.4) is 0 Å². The number of furan rings is 1. The Kier molecular flexibility index (Phi) is 6.05. The van der Waals surface area contributed by atoms with Crippen LogP contribution in [0, 0.1) is 6.92 Å². The lowest BCUT2D eigenvalue weighted by molar-refractivity contribution is -0.117. The third-order valence-corrected chi connectivity index (χ3v) is 3.99. The maximum Gasteiger partial charge on any atom is 0.248 e. The predicted molar refractivity (Wildman–Crippen MR) is 92.1 cm³/mol. The van der Waals surface area contributed by atoms with Gasteiger partial charge in [-0.2, -0.15) is 0 Å². The average molecular weight is 330 g/mol. The highest BCUT2D eigenvalue weighted by molar-refractivity contribution is 7.99. The molecule has 6 heteroatoms. The summed E-state index contributed by atoms with van der Waals surface area (Å²) in [6.45, 7) is 1.84. The highest BCUT2D eigenvalue weighted by Crippen LogP contribution is 2.27. The Hall–Kier alpha value is -2.47. The van der Waals surface area contributed by atoms with Gasteiger partial charge in [0.1, 0.15) is 11.5 Å². The van der Waals surface area contributed by atoms with Crippen LogP contribution in [0.25, 0.3) is 6.08 Å². The number of aryl methyl sites for hydroxylation is 1. The molecule has 0 aliphatic carbocycles. The van der Waals surface area contributed by atoms with Gasteiger partial charge in [0, 0.05) is 23.1 Å². The van der Waals surface area contributed by atoms with Crippen molar-refractivity contribution in [2.45, 2.75) is 18.2 Å². The van der Waals surface area contributed by atoms with Crippen molar-refractivity contribution in [3.05, 3.63) is 54.0 Å². The van der Waals surface area contributed by atoms with Gasteiger partial charge in [0.15, 0.2) is 0 Å². The van der Waals surface area contributed by atoms with Crippen LogP contribution in [0.1, 0.15) is 17.9 Å². The molecule has 2 amide bonds. The minimum Gasteiger partial charge on any atom is -0.462 e. The number of anilines is 1. The number of amides is 2. The van der Waals surface area contributed by atoms with E-state index in [1.54, 1.807) is 12.1 Å². The molecule has 0 aliphatic heterocycles. The molecule has 0 aliphatic rings. The molecule has 1 aromatic carbocycles. The van der Waals surface area contributed by atoms with Gasteiger partial charge in [0.25, 0.3) is 0 Å². The Morgan fingerprint density at radius 3 is 2.74 bits per heavy atom. The molecule has 0 fully saturated rings. The van der Waals surface area contributed by atoms with E-state index in [2.05, 4.69) is 5.32 Å². The molecule has 1 aromatic heterocycles. The monoisotopic (exact) mass is 330 g/mol. The van der Waals surface area contributed by atoms with E-state index in [-0.39, 0.29) is 11.8 Å². The number of hydrogen-bond donors (Lipinski definition) is 2. The highest BCUT2D eigenvalue weighted by Gasteiger charge is 2.06. The number of carbonyl (C=O) groups is 2. The normalized spacial score (nSPS) is 10.8. The average Bonchev–Trinajstić information content (AvgIpc) is 2.92. The molecular formula is C17H18N2O3S. The molecule has 0 atom stereocenters. The third-order valence-electron chi connectivity index (χ3n) is 2.91. The molecule has 0 bridgehead atoms. The van der Waals surface area contributed by atoms with Crippen molar-refractivity contribution in [1.82, 2.24) is 0 Å². The molecule has 2 rings (SSSR count). The first-order valence-corrected chi connectivity index (χ1v) is 8.09. The van der Waals surface area contributed by atoms with Crippen molar-refractivity contribution >= 4 is 35.3 Å². The SMILES string of the molecule is Cc1ccc(/C=C\C(=O)Nc2ccccc2SCCC(N)=O)o1. The van der Waals surface area contributed by atoms with E-state index in [0.717, 1.165) is 10.7 Å². The molecule has 1 heterocycles. The van der Waals surface area contributed by atoms with Crippen LogP contribution in [0.2, 0.25) is 0 Å². The van der Waals surface area contributed by atoms with Gasteiger partial charge in [0.05, 0.1) is 5.69 Å². The second-order valence-electron chi connectivity index (χ2n) is 4.83. The van der Waals surface area contributed by atoms with Gasteiger partial charge in [-0.1, -0.05) is 12.1 Å². The topological polar surface area (TPSA) is 85.3 Å². The lowest BCUT2D eigenvalue weighted by atomic mass is 10.3. The first-order chi connectivity index (χ1) is 11.0. The van der Waals surface area contributed by atoms with Crippen molar-refractivity contribution in [3.8, 4) is 0 Å². The number of benzene rings is 1. The lowest BCUT2D eigenvalue weighted by Crippen LogP contribution is -2.11. The second-order valence-corrected chi connectivity index (χ2v) is 5.97. The zero-order valence-electron chi connectivity index (χ0n) is 12.7. The summed E-state index contributed by atoms with van der Waals surface area (Å²) in [5.74, 6) is 1.41. The Balaban J connectivity index is 1.97. The standard InChI is InChI=1S/C17H18N2O3S/c1-12-6-7-13(22-12)8-9-17(21)19-14-4-2-3-5-15(14)23-11-10-16(18)20/h2-9H,10-11H2,1H3,(H2,18,20)(H,19,21)/b9-8-. The fourth-order valence-electron chi connectivity index (χ4n) is 1.83. The zero-order valence-corrected chi connectivity index (χ0v) is 13.6. The smallest absolute Gasteiger partial charge is 0.248 e. The van der Waals surface area contributed by atoms with Crippen LogP contribution in [-0.4, -0.2) is 17.6 Å². The number of carbonyl (C=O) groups excluding carboxylic acids is 2. The van der Waals surface area contributed by atoms with E-state index < -0.39 is 0 Å². The summed E-state index contributed by atoms with van der Waals surface area (Å²) in [6.07, 6.45) is 3.33. The molecule has 120 valence electrons. The summed E-state index contributed by atoms with van der Waals surface area (Å²) >= 11 is 1.48. The lowest BCUT2D eigenvalue weighted by Gasteiger charge is -2.08. The number of rotatable bonds is 7. The van der Waals surface area contributed by atoms with Crippen molar-refractivity contribution in [3.63, 3.8) is 0 Å². The fourth-order valence-corrected chi connectivity index (χ4v) is 2.81. The van der Waals surface area contributed by atoms with Crippen molar-refractivity contribution in [2.24, 2.45) is 5.73 Å². The van der Waals surface area contributed by atoms with Crippen LogP contribution in [0.4, 0.5) is 5.69 Å². The molecular weight excluding hydrogens is 312 g/mol. The van der Waals surface area contributed by atoms with E-state index in [1.165, 1.54) is 17.8 Å². The van der Waals surface area contributed by atoms with Gasteiger partial charge in [0.2, 0.25) is 11.8 Å². The molecule has 5 nitrogen and oxygen atoms in total. The first-order valence-electron chi connectivity index (χ1n) is 7.10. The third kappa shape index (κ3) is 5.67. The quantitative estimate of drug-likeness (QED) is 0.603. The van der Waals surface area contributed by atoms with Gasteiger partial charge in [-0.3, -0.25) is 9.59 Å². The van der Waals surface area contributed by atoms with Crippen LogP contribution in [-0.2, 0) is 9.59 Å². The maximum absolute atomic E-state index is 12.0. The predicted octanol–water partition coefficient (Wildman–Crippen LogP) is 3.21. The molecule has 0 saturated heterocycles. The Bertz CT molecular complexity index is 722. The Morgan fingerprint density at radius 1 is 1.26 bits per heavy atom.